The van der Waals surface area contributed by atoms with E-state index >= 15 is 0 Å². The van der Waals surface area contributed by atoms with Gasteiger partial charge < -0.3 is 5.32 Å². The van der Waals surface area contributed by atoms with Crippen molar-refractivity contribution in [3.05, 3.63) is 46.2 Å². The molecule has 4 heteroatoms. The lowest BCUT2D eigenvalue weighted by atomic mass is 10.1. The monoisotopic (exact) mass is 227 g/mol. The van der Waals surface area contributed by atoms with Crippen LogP contribution in [0.5, 0.6) is 0 Å². The van der Waals surface area contributed by atoms with E-state index in [1.54, 1.807) is 4.57 Å². The molecule has 0 bridgehead atoms. The lowest BCUT2D eigenvalue weighted by molar-refractivity contribution is 0.755. The number of anilines is 1. The van der Waals surface area contributed by atoms with Gasteiger partial charge in [0.05, 0.1) is 5.69 Å². The van der Waals surface area contributed by atoms with Gasteiger partial charge in [0, 0.05) is 24.2 Å². The third kappa shape index (κ3) is 1.53. The number of aromatic nitrogens is 2. The fourth-order valence-electron chi connectivity index (χ4n) is 2.15. The Morgan fingerprint density at radius 2 is 2.06 bits per heavy atom. The predicted octanol–water partition coefficient (Wildman–Crippen LogP) is 1.64. The van der Waals surface area contributed by atoms with Crippen molar-refractivity contribution in [2.75, 3.05) is 11.9 Å². The van der Waals surface area contributed by atoms with Crippen molar-refractivity contribution >= 4 is 5.95 Å². The molecular formula is C13H13N3O. The summed E-state index contributed by atoms with van der Waals surface area (Å²) in [6.45, 7) is 3.32. The van der Waals surface area contributed by atoms with Crippen LogP contribution in [0.1, 0.15) is 5.56 Å². The van der Waals surface area contributed by atoms with Gasteiger partial charge in [0.2, 0.25) is 5.95 Å². The zero-order valence-electron chi connectivity index (χ0n) is 9.60. The molecule has 3 rings (SSSR count). The Morgan fingerprint density at radius 1 is 1.29 bits per heavy atom. The van der Waals surface area contributed by atoms with Crippen LogP contribution >= 0.6 is 0 Å². The Bertz CT molecular complexity index is 617. The number of rotatable bonds is 1. The first-order chi connectivity index (χ1) is 8.27. The minimum absolute atomic E-state index is 0.0545. The SMILES string of the molecule is Cc1c(-c2ccccc2)nc2n(c1=O)CCN2. The Hall–Kier alpha value is -2.10. The molecule has 0 saturated heterocycles. The summed E-state index contributed by atoms with van der Waals surface area (Å²) in [5.74, 6) is 0.680. The lowest BCUT2D eigenvalue weighted by Gasteiger charge is -2.08. The number of nitrogens with one attached hydrogen (secondary N) is 1. The van der Waals surface area contributed by atoms with E-state index < -0.39 is 0 Å². The normalized spacial score (nSPS) is 13.2. The van der Waals surface area contributed by atoms with Gasteiger partial charge in [-0.3, -0.25) is 9.36 Å². The molecule has 1 aromatic carbocycles. The molecule has 0 unspecified atom stereocenters. The van der Waals surface area contributed by atoms with E-state index in [1.165, 1.54) is 0 Å². The standard InChI is InChI=1S/C13H13N3O/c1-9-11(10-5-3-2-4-6-10)15-13-14-7-8-16(13)12(9)17/h2-6H,7-8H2,1H3,(H,14,15). The zero-order chi connectivity index (χ0) is 11.8. The summed E-state index contributed by atoms with van der Waals surface area (Å²) in [5, 5.41) is 3.13. The fourth-order valence-corrected chi connectivity index (χ4v) is 2.15. The molecule has 1 aliphatic rings. The van der Waals surface area contributed by atoms with E-state index in [0.29, 0.717) is 18.1 Å². The van der Waals surface area contributed by atoms with Crippen LogP contribution in [0.2, 0.25) is 0 Å². The van der Waals surface area contributed by atoms with Gasteiger partial charge in [0.1, 0.15) is 0 Å². The third-order valence-electron chi connectivity index (χ3n) is 3.06. The molecular weight excluding hydrogens is 214 g/mol. The molecule has 0 spiro atoms. The summed E-state index contributed by atoms with van der Waals surface area (Å²) in [6, 6.07) is 9.81. The summed E-state index contributed by atoms with van der Waals surface area (Å²) < 4.78 is 1.70. The number of nitrogens with zero attached hydrogens (tertiary/aromatic N) is 2. The molecule has 0 atom stereocenters. The molecule has 2 heterocycles. The molecule has 4 nitrogen and oxygen atoms in total. The topological polar surface area (TPSA) is 46.9 Å². The van der Waals surface area contributed by atoms with Gasteiger partial charge in [0.25, 0.3) is 5.56 Å². The second-order valence-electron chi connectivity index (χ2n) is 4.16. The van der Waals surface area contributed by atoms with Gasteiger partial charge >= 0.3 is 0 Å². The number of benzene rings is 1. The molecule has 1 N–H and O–H groups in total. The van der Waals surface area contributed by atoms with Crippen LogP contribution in [-0.2, 0) is 6.54 Å². The first-order valence-electron chi connectivity index (χ1n) is 5.68. The zero-order valence-corrected chi connectivity index (χ0v) is 9.60. The largest absolute Gasteiger partial charge is 0.354 e. The number of hydrogen-bond donors (Lipinski definition) is 1. The maximum absolute atomic E-state index is 12.1. The Labute approximate surface area is 98.9 Å². The van der Waals surface area contributed by atoms with Gasteiger partial charge in [-0.15, -0.1) is 0 Å². The highest BCUT2D eigenvalue weighted by Gasteiger charge is 2.17. The minimum Gasteiger partial charge on any atom is -0.354 e. The minimum atomic E-state index is 0.0545. The van der Waals surface area contributed by atoms with E-state index in [9.17, 15) is 4.79 Å². The highest BCUT2D eigenvalue weighted by Crippen LogP contribution is 2.21. The molecule has 86 valence electrons. The van der Waals surface area contributed by atoms with E-state index in [4.69, 9.17) is 0 Å². The molecule has 0 aliphatic carbocycles. The van der Waals surface area contributed by atoms with E-state index in [1.807, 2.05) is 37.3 Å². The summed E-state index contributed by atoms with van der Waals surface area (Å²) in [6.07, 6.45) is 0. The summed E-state index contributed by atoms with van der Waals surface area (Å²) in [4.78, 5) is 16.7. The maximum atomic E-state index is 12.1. The molecule has 17 heavy (non-hydrogen) atoms. The quantitative estimate of drug-likeness (QED) is 0.805. The Morgan fingerprint density at radius 3 is 2.82 bits per heavy atom. The summed E-state index contributed by atoms with van der Waals surface area (Å²) in [7, 11) is 0. The van der Waals surface area contributed by atoms with E-state index in [0.717, 1.165) is 17.8 Å². The van der Waals surface area contributed by atoms with E-state index in [-0.39, 0.29) is 5.56 Å². The van der Waals surface area contributed by atoms with Crippen LogP contribution in [-0.4, -0.2) is 16.1 Å². The average molecular weight is 227 g/mol. The smallest absolute Gasteiger partial charge is 0.258 e. The van der Waals surface area contributed by atoms with Crippen molar-refractivity contribution in [1.29, 1.82) is 0 Å². The van der Waals surface area contributed by atoms with Crippen molar-refractivity contribution in [1.82, 2.24) is 9.55 Å². The summed E-state index contributed by atoms with van der Waals surface area (Å²) in [5.41, 5.74) is 2.53. The maximum Gasteiger partial charge on any atom is 0.258 e. The molecule has 0 fully saturated rings. The predicted molar refractivity (Wildman–Crippen MR) is 67.2 cm³/mol. The highest BCUT2D eigenvalue weighted by atomic mass is 16.1. The molecule has 1 aliphatic heterocycles. The highest BCUT2D eigenvalue weighted by molar-refractivity contribution is 5.63. The van der Waals surface area contributed by atoms with Crippen LogP contribution in [0.25, 0.3) is 11.3 Å². The number of hydrogen-bond acceptors (Lipinski definition) is 3. The first-order valence-corrected chi connectivity index (χ1v) is 5.68. The van der Waals surface area contributed by atoms with Crippen LogP contribution in [0.4, 0.5) is 5.95 Å². The first kappa shape index (κ1) is 10.1. The van der Waals surface area contributed by atoms with Crippen molar-refractivity contribution in [3.63, 3.8) is 0 Å². The fraction of sp³-hybridized carbons (Fsp3) is 0.231. The number of fused-ring (bicyclic) bond motifs is 1. The van der Waals surface area contributed by atoms with Crippen molar-refractivity contribution in [2.45, 2.75) is 13.5 Å². The van der Waals surface area contributed by atoms with Crippen LogP contribution in [0.15, 0.2) is 35.1 Å². The molecule has 0 amide bonds. The van der Waals surface area contributed by atoms with Crippen molar-refractivity contribution in [3.8, 4) is 11.3 Å². The molecule has 2 aromatic rings. The van der Waals surface area contributed by atoms with Gasteiger partial charge in [-0.1, -0.05) is 30.3 Å². The lowest BCUT2D eigenvalue weighted by Crippen LogP contribution is -2.22. The molecule has 1 aromatic heterocycles. The van der Waals surface area contributed by atoms with Crippen LogP contribution < -0.4 is 10.9 Å². The van der Waals surface area contributed by atoms with Gasteiger partial charge in [-0.25, -0.2) is 4.98 Å². The Balaban J connectivity index is 2.26. The molecule has 0 saturated carbocycles. The van der Waals surface area contributed by atoms with Crippen molar-refractivity contribution in [2.24, 2.45) is 0 Å². The van der Waals surface area contributed by atoms with Gasteiger partial charge in [0.15, 0.2) is 0 Å². The second kappa shape index (κ2) is 3.73. The van der Waals surface area contributed by atoms with Crippen LogP contribution in [0.3, 0.4) is 0 Å². The Kier molecular flexibility index (Phi) is 2.21. The second-order valence-corrected chi connectivity index (χ2v) is 4.16. The van der Waals surface area contributed by atoms with Crippen molar-refractivity contribution < 1.29 is 0 Å². The van der Waals surface area contributed by atoms with E-state index in [2.05, 4.69) is 10.3 Å². The third-order valence-corrected chi connectivity index (χ3v) is 3.06. The summed E-state index contributed by atoms with van der Waals surface area (Å²) >= 11 is 0. The molecule has 0 radical (unpaired) electrons. The van der Waals surface area contributed by atoms with Gasteiger partial charge in [-0.05, 0) is 6.92 Å². The van der Waals surface area contributed by atoms with Crippen LogP contribution in [0, 0.1) is 6.92 Å². The average Bonchev–Trinajstić information content (AvgIpc) is 2.83. The van der Waals surface area contributed by atoms with Gasteiger partial charge in [-0.2, -0.15) is 0 Å².